The van der Waals surface area contributed by atoms with Crippen LogP contribution in [-0.2, 0) is 6.42 Å². The summed E-state index contributed by atoms with van der Waals surface area (Å²) in [5.74, 6) is -0.674. The van der Waals surface area contributed by atoms with E-state index >= 15 is 0 Å². The lowest BCUT2D eigenvalue weighted by Gasteiger charge is -2.07. The minimum atomic E-state index is -0.674. The number of benzene rings is 3. The summed E-state index contributed by atoms with van der Waals surface area (Å²) in [6.07, 6.45) is 6.15. The second-order valence-electron chi connectivity index (χ2n) is 7.15. The molecule has 0 unspecified atom stereocenters. The topological polar surface area (TPSA) is 43.4 Å². The molecule has 0 N–H and O–H groups in total. The fraction of sp³-hybridized carbons (Fsp3) is 0.240. The molecule has 28 heavy (non-hydrogen) atoms. The van der Waals surface area contributed by atoms with Crippen LogP contribution >= 0.6 is 0 Å². The highest BCUT2D eigenvalue weighted by molar-refractivity contribution is 5.98. The Balaban J connectivity index is 1.67. The van der Waals surface area contributed by atoms with Crippen LogP contribution in [0.1, 0.15) is 38.2 Å². The van der Waals surface area contributed by atoms with Crippen molar-refractivity contribution in [1.82, 2.24) is 0 Å². The Bertz CT molecular complexity index is 1100. The van der Waals surface area contributed by atoms with Gasteiger partial charge in [-0.1, -0.05) is 80.8 Å². The molecule has 142 valence electrons. The average molecular weight is 372 g/mol. The van der Waals surface area contributed by atoms with Crippen molar-refractivity contribution < 1.29 is 8.83 Å². The normalized spacial score (nSPS) is 11.2. The Morgan fingerprint density at radius 3 is 1.89 bits per heavy atom. The predicted octanol–water partition coefficient (Wildman–Crippen LogP) is 6.84. The number of rotatable bonds is 7. The van der Waals surface area contributed by atoms with E-state index in [1.807, 2.05) is 42.5 Å². The van der Waals surface area contributed by atoms with Crippen LogP contribution in [0, 0.1) is 0 Å². The molecule has 0 saturated carbocycles. The third kappa shape index (κ3) is 3.79. The van der Waals surface area contributed by atoms with Crippen molar-refractivity contribution in [2.75, 3.05) is 0 Å². The molecule has 4 rings (SSSR count). The van der Waals surface area contributed by atoms with Crippen LogP contribution in [0.2, 0.25) is 0 Å². The number of hydrogen-bond acceptors (Lipinski definition) is 3. The molecule has 1 aromatic heterocycles. The molecule has 0 fully saturated rings. The van der Waals surface area contributed by atoms with Crippen molar-refractivity contribution >= 4 is 11.2 Å². The van der Waals surface area contributed by atoms with Crippen molar-refractivity contribution in [3.05, 3.63) is 82.9 Å². The molecule has 0 aliphatic heterocycles. The van der Waals surface area contributed by atoms with Gasteiger partial charge in [0.25, 0.3) is 0 Å². The van der Waals surface area contributed by atoms with E-state index in [4.69, 9.17) is 8.83 Å². The van der Waals surface area contributed by atoms with E-state index in [9.17, 15) is 4.79 Å². The third-order valence-corrected chi connectivity index (χ3v) is 5.15. The Morgan fingerprint density at radius 1 is 0.679 bits per heavy atom. The summed E-state index contributed by atoms with van der Waals surface area (Å²) in [6.45, 7) is 2.23. The van der Waals surface area contributed by atoms with Gasteiger partial charge in [-0.05, 0) is 41.7 Å². The van der Waals surface area contributed by atoms with Gasteiger partial charge in [0.05, 0.1) is 0 Å². The van der Waals surface area contributed by atoms with Crippen LogP contribution in [0.15, 0.2) is 80.4 Å². The van der Waals surface area contributed by atoms with Crippen molar-refractivity contribution in [3.8, 4) is 22.3 Å². The molecule has 0 saturated heterocycles. The van der Waals surface area contributed by atoms with Gasteiger partial charge in [0, 0.05) is 11.1 Å². The molecule has 0 spiro atoms. The second kappa shape index (κ2) is 8.30. The molecule has 3 nitrogen and oxygen atoms in total. The van der Waals surface area contributed by atoms with E-state index in [0.717, 1.165) is 28.7 Å². The summed E-state index contributed by atoms with van der Waals surface area (Å²) in [4.78, 5) is 11.8. The quantitative estimate of drug-likeness (QED) is 0.333. The number of aryl methyl sites for hydroxylation is 1. The highest BCUT2D eigenvalue weighted by Crippen LogP contribution is 2.35. The number of fused-ring (bicyclic) bond motifs is 1. The molecule has 1 heterocycles. The molecule has 0 radical (unpaired) electrons. The molecule has 3 heteroatoms. The maximum atomic E-state index is 11.8. The van der Waals surface area contributed by atoms with E-state index in [1.54, 1.807) is 0 Å². The third-order valence-electron chi connectivity index (χ3n) is 5.15. The molecule has 0 amide bonds. The fourth-order valence-corrected chi connectivity index (χ4v) is 3.63. The zero-order valence-electron chi connectivity index (χ0n) is 16.1. The minimum absolute atomic E-state index is 0.498. The molecular formula is C25H24O3. The van der Waals surface area contributed by atoms with Crippen LogP contribution in [0.4, 0.5) is 0 Å². The van der Waals surface area contributed by atoms with E-state index in [0.29, 0.717) is 11.2 Å². The lowest BCUT2D eigenvalue weighted by Crippen LogP contribution is -1.87. The van der Waals surface area contributed by atoms with Gasteiger partial charge < -0.3 is 8.83 Å². The largest absolute Gasteiger partial charge is 0.519 e. The van der Waals surface area contributed by atoms with Gasteiger partial charge in [-0.15, -0.1) is 0 Å². The maximum Gasteiger partial charge on any atom is 0.519 e. The summed E-state index contributed by atoms with van der Waals surface area (Å²) >= 11 is 0. The van der Waals surface area contributed by atoms with Crippen molar-refractivity contribution in [3.63, 3.8) is 0 Å². The van der Waals surface area contributed by atoms with Crippen LogP contribution in [0.3, 0.4) is 0 Å². The highest BCUT2D eigenvalue weighted by Gasteiger charge is 2.16. The highest BCUT2D eigenvalue weighted by atomic mass is 16.6. The lowest BCUT2D eigenvalue weighted by atomic mass is 9.97. The molecule has 0 atom stereocenters. The van der Waals surface area contributed by atoms with Crippen molar-refractivity contribution in [1.29, 1.82) is 0 Å². The molecule has 3 aromatic carbocycles. The van der Waals surface area contributed by atoms with Crippen LogP contribution < -0.4 is 5.82 Å². The Kier molecular flexibility index (Phi) is 5.43. The number of hydrogen-bond donors (Lipinski definition) is 0. The SMILES string of the molecule is CCCCCCc1ccc(-c2ccc(-c3ccccc3)c3oc(=O)oc23)cc1. The molecule has 0 bridgehead atoms. The van der Waals surface area contributed by atoms with Gasteiger partial charge >= 0.3 is 5.82 Å². The first-order valence-corrected chi connectivity index (χ1v) is 9.97. The summed E-state index contributed by atoms with van der Waals surface area (Å²) in [5, 5.41) is 0. The summed E-state index contributed by atoms with van der Waals surface area (Å²) in [7, 11) is 0. The van der Waals surface area contributed by atoms with Gasteiger partial charge in [0.1, 0.15) is 0 Å². The number of unbranched alkanes of at least 4 members (excludes halogenated alkanes) is 3. The summed E-state index contributed by atoms with van der Waals surface area (Å²) in [5.41, 5.74) is 6.08. The monoisotopic (exact) mass is 372 g/mol. The van der Waals surface area contributed by atoms with Crippen LogP contribution in [-0.4, -0.2) is 0 Å². The van der Waals surface area contributed by atoms with Crippen molar-refractivity contribution in [2.24, 2.45) is 0 Å². The van der Waals surface area contributed by atoms with Crippen LogP contribution in [0.25, 0.3) is 33.4 Å². The van der Waals surface area contributed by atoms with Gasteiger partial charge in [0.15, 0.2) is 11.2 Å². The van der Waals surface area contributed by atoms with Crippen molar-refractivity contribution in [2.45, 2.75) is 39.0 Å². The predicted molar refractivity (Wildman–Crippen MR) is 113 cm³/mol. The molecule has 4 aromatic rings. The molecular weight excluding hydrogens is 348 g/mol. The van der Waals surface area contributed by atoms with Gasteiger partial charge in [-0.25, -0.2) is 4.79 Å². The summed E-state index contributed by atoms with van der Waals surface area (Å²) in [6, 6.07) is 22.4. The minimum Gasteiger partial charge on any atom is -0.390 e. The first-order valence-electron chi connectivity index (χ1n) is 9.97. The second-order valence-corrected chi connectivity index (χ2v) is 7.15. The average Bonchev–Trinajstić information content (AvgIpc) is 3.13. The zero-order valence-corrected chi connectivity index (χ0v) is 16.1. The molecule has 0 aliphatic carbocycles. The van der Waals surface area contributed by atoms with E-state index in [2.05, 4.69) is 31.2 Å². The van der Waals surface area contributed by atoms with Crippen LogP contribution in [0.5, 0.6) is 0 Å². The smallest absolute Gasteiger partial charge is 0.390 e. The fourth-order valence-electron chi connectivity index (χ4n) is 3.63. The standard InChI is InChI=1S/C25H24O3/c1-2-3-4-6-9-18-12-14-20(15-13-18)22-17-16-21(19-10-7-5-8-11-19)23-24(22)28-25(26)27-23/h5,7-8,10-17H,2-4,6,9H2,1H3. The van der Waals surface area contributed by atoms with Gasteiger partial charge in [-0.3, -0.25) is 0 Å². The Hall–Kier alpha value is -3.07. The van der Waals surface area contributed by atoms with E-state index < -0.39 is 5.82 Å². The molecule has 0 aliphatic rings. The maximum absolute atomic E-state index is 11.8. The summed E-state index contributed by atoms with van der Waals surface area (Å²) < 4.78 is 10.8. The lowest BCUT2D eigenvalue weighted by molar-refractivity contribution is 0.410. The first kappa shape index (κ1) is 18.3. The van der Waals surface area contributed by atoms with E-state index in [1.165, 1.54) is 31.2 Å². The van der Waals surface area contributed by atoms with Gasteiger partial charge in [-0.2, -0.15) is 0 Å². The Morgan fingerprint density at radius 2 is 1.29 bits per heavy atom. The van der Waals surface area contributed by atoms with Gasteiger partial charge in [0.2, 0.25) is 0 Å². The Labute approximate surface area is 164 Å². The zero-order chi connectivity index (χ0) is 19.3. The first-order chi connectivity index (χ1) is 13.8. The van der Waals surface area contributed by atoms with E-state index in [-0.39, 0.29) is 0 Å².